The molecule has 1 amide bonds. The van der Waals surface area contributed by atoms with E-state index >= 15 is 0 Å². The number of Topliss-reactive ketones (excluding diaryl/α,β-unsaturated/α-hetero) is 1. The lowest BCUT2D eigenvalue weighted by atomic mass is 10.0. The zero-order chi connectivity index (χ0) is 14.8. The third kappa shape index (κ3) is 1.74. The van der Waals surface area contributed by atoms with E-state index in [2.05, 4.69) is 9.88 Å². The highest BCUT2D eigenvalue weighted by Crippen LogP contribution is 2.48. The van der Waals surface area contributed by atoms with Gasteiger partial charge in [0.15, 0.2) is 5.78 Å². The van der Waals surface area contributed by atoms with Crippen molar-refractivity contribution in [1.82, 2.24) is 14.9 Å². The van der Waals surface area contributed by atoms with Gasteiger partial charge in [-0.1, -0.05) is 6.07 Å². The average Bonchev–Trinajstić information content (AvgIpc) is 3.42. The van der Waals surface area contributed by atoms with Crippen LogP contribution in [-0.4, -0.2) is 27.3 Å². The molecule has 1 N–H and O–H groups in total. The highest BCUT2D eigenvalue weighted by molar-refractivity contribution is 6.07. The summed E-state index contributed by atoms with van der Waals surface area (Å²) < 4.78 is 2.17. The van der Waals surface area contributed by atoms with Gasteiger partial charge in [0.1, 0.15) is 5.82 Å². The Morgan fingerprint density at radius 3 is 3.00 bits per heavy atom. The number of carbonyl (C=O) groups excluding carboxylic acids is 2. The van der Waals surface area contributed by atoms with E-state index < -0.39 is 0 Å². The molecule has 0 saturated heterocycles. The number of amides is 1. The molecular weight excluding hydrogens is 278 g/mol. The molecule has 22 heavy (non-hydrogen) atoms. The average molecular weight is 295 g/mol. The van der Waals surface area contributed by atoms with Crippen LogP contribution in [0.4, 0.5) is 0 Å². The number of benzene rings is 1. The Hall–Kier alpha value is -2.17. The predicted molar refractivity (Wildman–Crippen MR) is 80.7 cm³/mol. The molecule has 2 fully saturated rings. The SMILES string of the molecule is O=C1CCn2c(C3CC3C(=O)NC3CC3)nc3cccc1c32. The Morgan fingerprint density at radius 1 is 1.32 bits per heavy atom. The first kappa shape index (κ1) is 12.4. The number of aromatic nitrogens is 2. The van der Waals surface area contributed by atoms with Gasteiger partial charge >= 0.3 is 0 Å². The molecule has 2 atom stereocenters. The fourth-order valence-electron chi connectivity index (χ4n) is 3.59. The Balaban J connectivity index is 1.51. The number of carbonyl (C=O) groups is 2. The minimum absolute atomic E-state index is 0.0646. The maximum atomic E-state index is 12.2. The molecule has 2 heterocycles. The summed E-state index contributed by atoms with van der Waals surface area (Å²) >= 11 is 0. The molecule has 5 nitrogen and oxygen atoms in total. The van der Waals surface area contributed by atoms with Gasteiger partial charge < -0.3 is 9.88 Å². The number of imidazole rings is 1. The van der Waals surface area contributed by atoms with Gasteiger partial charge in [-0.2, -0.15) is 0 Å². The van der Waals surface area contributed by atoms with E-state index in [0.717, 1.165) is 41.7 Å². The van der Waals surface area contributed by atoms with E-state index in [1.54, 1.807) is 0 Å². The summed E-state index contributed by atoms with van der Waals surface area (Å²) in [5.41, 5.74) is 2.62. The van der Waals surface area contributed by atoms with Crippen molar-refractivity contribution in [2.45, 2.75) is 44.2 Å². The third-order valence-corrected chi connectivity index (χ3v) is 5.04. The maximum Gasteiger partial charge on any atom is 0.224 e. The van der Waals surface area contributed by atoms with Gasteiger partial charge in [-0.3, -0.25) is 9.59 Å². The molecule has 1 aromatic heterocycles. The molecule has 2 aliphatic carbocycles. The first-order valence-electron chi connectivity index (χ1n) is 8.05. The molecule has 0 bridgehead atoms. The number of nitrogens with zero attached hydrogens (tertiary/aromatic N) is 2. The summed E-state index contributed by atoms with van der Waals surface area (Å²) in [5, 5.41) is 3.09. The quantitative estimate of drug-likeness (QED) is 0.942. The Morgan fingerprint density at radius 2 is 2.18 bits per heavy atom. The second-order valence-corrected chi connectivity index (χ2v) is 6.70. The van der Waals surface area contributed by atoms with Crippen LogP contribution in [0.2, 0.25) is 0 Å². The van der Waals surface area contributed by atoms with Gasteiger partial charge in [-0.15, -0.1) is 0 Å². The molecule has 0 radical (unpaired) electrons. The number of aryl methyl sites for hydroxylation is 1. The fourth-order valence-corrected chi connectivity index (χ4v) is 3.59. The number of para-hydroxylation sites is 1. The summed E-state index contributed by atoms with van der Waals surface area (Å²) in [5.74, 6) is 1.65. The highest BCUT2D eigenvalue weighted by atomic mass is 16.2. The first-order valence-corrected chi connectivity index (χ1v) is 8.05. The monoisotopic (exact) mass is 295 g/mol. The third-order valence-electron chi connectivity index (χ3n) is 5.04. The molecule has 0 spiro atoms. The van der Waals surface area contributed by atoms with Gasteiger partial charge in [0, 0.05) is 36.4 Å². The van der Waals surface area contributed by atoms with Crippen molar-refractivity contribution >= 4 is 22.7 Å². The minimum Gasteiger partial charge on any atom is -0.353 e. The zero-order valence-corrected chi connectivity index (χ0v) is 12.2. The lowest BCUT2D eigenvalue weighted by Gasteiger charge is -2.15. The molecule has 2 unspecified atom stereocenters. The van der Waals surface area contributed by atoms with Crippen molar-refractivity contribution in [2.75, 3.05) is 0 Å². The molecule has 3 aliphatic rings. The number of rotatable bonds is 3. The van der Waals surface area contributed by atoms with Crippen LogP contribution in [-0.2, 0) is 11.3 Å². The van der Waals surface area contributed by atoms with Crippen molar-refractivity contribution < 1.29 is 9.59 Å². The van der Waals surface area contributed by atoms with E-state index in [-0.39, 0.29) is 23.5 Å². The summed E-state index contributed by atoms with van der Waals surface area (Å²) in [6.45, 7) is 0.690. The summed E-state index contributed by atoms with van der Waals surface area (Å²) in [6, 6.07) is 6.15. The largest absolute Gasteiger partial charge is 0.353 e. The van der Waals surface area contributed by atoms with Gasteiger partial charge in [-0.05, 0) is 31.4 Å². The fraction of sp³-hybridized carbons (Fsp3) is 0.471. The lowest BCUT2D eigenvalue weighted by molar-refractivity contribution is -0.122. The van der Waals surface area contributed by atoms with Crippen LogP contribution >= 0.6 is 0 Å². The Labute approximate surface area is 127 Å². The Kier molecular flexibility index (Phi) is 2.35. The molecule has 2 aromatic rings. The van der Waals surface area contributed by atoms with Crippen molar-refractivity contribution in [3.63, 3.8) is 0 Å². The zero-order valence-electron chi connectivity index (χ0n) is 12.2. The van der Waals surface area contributed by atoms with E-state index in [9.17, 15) is 9.59 Å². The summed E-state index contributed by atoms with van der Waals surface area (Å²) in [7, 11) is 0. The first-order chi connectivity index (χ1) is 10.7. The van der Waals surface area contributed by atoms with Crippen molar-refractivity contribution in [2.24, 2.45) is 5.92 Å². The van der Waals surface area contributed by atoms with E-state index in [1.807, 2.05) is 18.2 Å². The summed E-state index contributed by atoms with van der Waals surface area (Å²) in [6.07, 6.45) is 3.65. The highest BCUT2D eigenvalue weighted by Gasteiger charge is 2.48. The number of ketones is 1. The molecular formula is C17H17N3O2. The standard InChI is InChI=1S/C17H17N3O2/c21-14-6-7-20-15-10(14)2-1-3-13(15)19-16(20)11-8-12(11)17(22)18-9-4-5-9/h1-3,9,11-12H,4-8H2,(H,18,22). The molecule has 5 heteroatoms. The van der Waals surface area contributed by atoms with Crippen LogP contribution in [0, 0.1) is 5.92 Å². The van der Waals surface area contributed by atoms with Crippen molar-refractivity contribution in [3.05, 3.63) is 29.6 Å². The van der Waals surface area contributed by atoms with Gasteiger partial charge in [0.25, 0.3) is 0 Å². The Bertz CT molecular complexity index is 819. The van der Waals surface area contributed by atoms with Crippen LogP contribution in [0.25, 0.3) is 11.0 Å². The van der Waals surface area contributed by atoms with Gasteiger partial charge in [0.05, 0.1) is 11.0 Å². The molecule has 1 aliphatic heterocycles. The summed E-state index contributed by atoms with van der Waals surface area (Å²) in [4.78, 5) is 29.0. The molecule has 2 saturated carbocycles. The van der Waals surface area contributed by atoms with Gasteiger partial charge in [-0.25, -0.2) is 4.98 Å². The molecule has 1 aromatic carbocycles. The van der Waals surface area contributed by atoms with E-state index in [1.165, 1.54) is 0 Å². The topological polar surface area (TPSA) is 64.0 Å². The van der Waals surface area contributed by atoms with Crippen molar-refractivity contribution in [3.8, 4) is 0 Å². The van der Waals surface area contributed by atoms with Crippen LogP contribution in [0.5, 0.6) is 0 Å². The second kappa shape index (κ2) is 4.18. The van der Waals surface area contributed by atoms with Crippen LogP contribution in [0.1, 0.15) is 47.8 Å². The van der Waals surface area contributed by atoms with Crippen LogP contribution in [0.3, 0.4) is 0 Å². The van der Waals surface area contributed by atoms with E-state index in [4.69, 9.17) is 4.98 Å². The minimum atomic E-state index is 0.0646. The van der Waals surface area contributed by atoms with Crippen LogP contribution in [0.15, 0.2) is 18.2 Å². The second-order valence-electron chi connectivity index (χ2n) is 6.70. The smallest absolute Gasteiger partial charge is 0.224 e. The van der Waals surface area contributed by atoms with E-state index in [0.29, 0.717) is 19.0 Å². The predicted octanol–water partition coefficient (Wildman–Crippen LogP) is 2.00. The van der Waals surface area contributed by atoms with Crippen LogP contribution < -0.4 is 5.32 Å². The molecule has 5 rings (SSSR count). The molecule has 112 valence electrons. The normalized spacial score (nSPS) is 26.3. The number of nitrogens with one attached hydrogen (secondary N) is 1. The van der Waals surface area contributed by atoms with Gasteiger partial charge in [0.2, 0.25) is 5.91 Å². The maximum absolute atomic E-state index is 12.2. The van der Waals surface area contributed by atoms with Crippen molar-refractivity contribution in [1.29, 1.82) is 0 Å². The number of hydrogen-bond donors (Lipinski definition) is 1. The lowest BCUT2D eigenvalue weighted by Crippen LogP contribution is -2.27. The number of hydrogen-bond acceptors (Lipinski definition) is 3.